The predicted molar refractivity (Wildman–Crippen MR) is 67.3 cm³/mol. The number of hydrogen-bond donors (Lipinski definition) is 1. The fourth-order valence-electron chi connectivity index (χ4n) is 1.94. The lowest BCUT2D eigenvalue weighted by Crippen LogP contribution is -2.05. The van der Waals surface area contributed by atoms with Crippen LogP contribution in [-0.2, 0) is 6.42 Å². The van der Waals surface area contributed by atoms with Crippen molar-refractivity contribution < 1.29 is 27.6 Å². The third kappa shape index (κ3) is 2.91. The van der Waals surface area contributed by atoms with E-state index in [1.54, 1.807) is 0 Å². The van der Waals surface area contributed by atoms with Crippen LogP contribution in [0.1, 0.15) is 30.0 Å². The van der Waals surface area contributed by atoms with Crippen molar-refractivity contribution in [1.29, 1.82) is 0 Å². The molecule has 2 rings (SSSR count). The molecule has 0 radical (unpaired) electrons. The smallest absolute Gasteiger partial charge is 0.341 e. The zero-order chi connectivity index (χ0) is 15.7. The number of aromatic nitrogens is 1. The van der Waals surface area contributed by atoms with Crippen LogP contribution in [0.4, 0.5) is 13.2 Å². The zero-order valence-corrected chi connectivity index (χ0v) is 11.3. The van der Waals surface area contributed by atoms with Crippen molar-refractivity contribution >= 4 is 5.97 Å². The van der Waals surface area contributed by atoms with Crippen LogP contribution >= 0.6 is 0 Å². The highest BCUT2D eigenvalue weighted by Gasteiger charge is 2.26. The topological polar surface area (TPSA) is 63.3 Å². The number of rotatable bonds is 4. The largest absolute Gasteiger partial charge is 0.477 e. The molecule has 1 N–H and O–H groups in total. The fourth-order valence-corrected chi connectivity index (χ4v) is 1.94. The summed E-state index contributed by atoms with van der Waals surface area (Å²) in [7, 11) is 0. The van der Waals surface area contributed by atoms with E-state index >= 15 is 0 Å². The summed E-state index contributed by atoms with van der Waals surface area (Å²) in [5, 5.41) is 12.7. The Morgan fingerprint density at radius 1 is 1.24 bits per heavy atom. The maximum absolute atomic E-state index is 13.8. The molecule has 4 nitrogen and oxygen atoms in total. The Morgan fingerprint density at radius 2 is 1.86 bits per heavy atom. The van der Waals surface area contributed by atoms with E-state index in [-0.39, 0.29) is 29.4 Å². The lowest BCUT2D eigenvalue weighted by Gasteiger charge is -2.04. The molecule has 0 atom stereocenters. The quantitative estimate of drug-likeness (QED) is 0.875. The van der Waals surface area contributed by atoms with Crippen molar-refractivity contribution in [3.8, 4) is 11.3 Å². The van der Waals surface area contributed by atoms with Crippen LogP contribution in [0.25, 0.3) is 11.3 Å². The molecule has 1 aromatic heterocycles. The van der Waals surface area contributed by atoms with Gasteiger partial charge < -0.3 is 9.63 Å². The van der Waals surface area contributed by atoms with E-state index in [0.717, 1.165) is 0 Å². The summed E-state index contributed by atoms with van der Waals surface area (Å²) in [4.78, 5) is 11.3. The highest BCUT2D eigenvalue weighted by Crippen LogP contribution is 2.30. The van der Waals surface area contributed by atoms with Crippen LogP contribution in [-0.4, -0.2) is 16.2 Å². The van der Waals surface area contributed by atoms with Gasteiger partial charge >= 0.3 is 5.97 Å². The van der Waals surface area contributed by atoms with Crippen LogP contribution in [0, 0.1) is 23.4 Å². The summed E-state index contributed by atoms with van der Waals surface area (Å²) in [5.74, 6) is -4.99. The lowest BCUT2D eigenvalue weighted by molar-refractivity contribution is 0.0695. The van der Waals surface area contributed by atoms with Gasteiger partial charge in [0.25, 0.3) is 0 Å². The first-order valence-electron chi connectivity index (χ1n) is 6.18. The molecule has 0 aliphatic rings. The van der Waals surface area contributed by atoms with Gasteiger partial charge in [-0.2, -0.15) is 0 Å². The molecule has 1 aromatic carbocycles. The van der Waals surface area contributed by atoms with Gasteiger partial charge in [-0.1, -0.05) is 19.0 Å². The van der Waals surface area contributed by atoms with Gasteiger partial charge in [-0.3, -0.25) is 0 Å². The maximum Gasteiger partial charge on any atom is 0.341 e. The van der Waals surface area contributed by atoms with Gasteiger partial charge in [-0.15, -0.1) is 0 Å². The molecule has 0 aliphatic carbocycles. The third-order valence-electron chi connectivity index (χ3n) is 2.84. The molecule has 7 heteroatoms. The minimum atomic E-state index is -1.37. The van der Waals surface area contributed by atoms with Crippen molar-refractivity contribution in [3.05, 3.63) is 40.9 Å². The molecule has 21 heavy (non-hydrogen) atoms. The SMILES string of the molecule is CC(C)Cc1onc(-c2cc(F)c(F)cc2F)c1C(=O)O. The number of nitrogens with zero attached hydrogens (tertiary/aromatic N) is 1. The molecule has 0 aliphatic heterocycles. The van der Waals surface area contributed by atoms with Crippen LogP contribution in [0.5, 0.6) is 0 Å². The van der Waals surface area contributed by atoms with Gasteiger partial charge in [0, 0.05) is 18.1 Å². The molecular formula is C14H12F3NO3. The standard InChI is InChI=1S/C14H12F3NO3/c1-6(2)3-11-12(14(19)20)13(18-21-11)7-4-9(16)10(17)5-8(7)15/h4-6H,3H2,1-2H3,(H,19,20). The van der Waals surface area contributed by atoms with Crippen LogP contribution in [0.2, 0.25) is 0 Å². The first-order chi connectivity index (χ1) is 9.81. The van der Waals surface area contributed by atoms with Gasteiger partial charge in [-0.05, 0) is 12.0 Å². The van der Waals surface area contributed by atoms with Gasteiger partial charge in [0.15, 0.2) is 17.4 Å². The molecule has 0 fully saturated rings. The predicted octanol–water partition coefficient (Wildman–Crippen LogP) is 3.66. The highest BCUT2D eigenvalue weighted by molar-refractivity contribution is 5.95. The van der Waals surface area contributed by atoms with Crippen molar-refractivity contribution in [1.82, 2.24) is 5.16 Å². The van der Waals surface area contributed by atoms with Crippen molar-refractivity contribution in [2.75, 3.05) is 0 Å². The third-order valence-corrected chi connectivity index (χ3v) is 2.84. The monoisotopic (exact) mass is 299 g/mol. The molecule has 0 saturated heterocycles. The summed E-state index contributed by atoms with van der Waals surface area (Å²) in [6.45, 7) is 3.68. The van der Waals surface area contributed by atoms with E-state index in [9.17, 15) is 23.1 Å². The molecule has 0 saturated carbocycles. The van der Waals surface area contributed by atoms with Crippen molar-refractivity contribution in [2.45, 2.75) is 20.3 Å². The Kier molecular flexibility index (Phi) is 4.02. The van der Waals surface area contributed by atoms with Crippen molar-refractivity contribution in [2.24, 2.45) is 5.92 Å². The Morgan fingerprint density at radius 3 is 2.43 bits per heavy atom. The first kappa shape index (κ1) is 15.1. The fraction of sp³-hybridized carbons (Fsp3) is 0.286. The minimum Gasteiger partial charge on any atom is -0.477 e. The average molecular weight is 299 g/mol. The van der Waals surface area contributed by atoms with E-state index in [1.807, 2.05) is 13.8 Å². The van der Waals surface area contributed by atoms with Gasteiger partial charge in [0.2, 0.25) is 0 Å². The number of aromatic carboxylic acids is 1. The van der Waals surface area contributed by atoms with Crippen LogP contribution in [0.15, 0.2) is 16.7 Å². The summed E-state index contributed by atoms with van der Waals surface area (Å²) < 4.78 is 44.9. The normalized spacial score (nSPS) is 11.1. The van der Waals surface area contributed by atoms with Crippen molar-refractivity contribution in [3.63, 3.8) is 0 Å². The maximum atomic E-state index is 13.8. The number of benzene rings is 1. The Hall–Kier alpha value is -2.31. The van der Waals surface area contributed by atoms with Crippen LogP contribution < -0.4 is 0 Å². The number of hydrogen-bond acceptors (Lipinski definition) is 3. The zero-order valence-electron chi connectivity index (χ0n) is 11.3. The second-order valence-corrected chi connectivity index (χ2v) is 4.98. The minimum absolute atomic E-state index is 0.0663. The number of carboxylic acid groups (broad SMARTS) is 1. The molecular weight excluding hydrogens is 287 g/mol. The van der Waals surface area contributed by atoms with Gasteiger partial charge in [-0.25, -0.2) is 18.0 Å². The summed E-state index contributed by atoms with van der Waals surface area (Å²) >= 11 is 0. The van der Waals surface area contributed by atoms with E-state index in [1.165, 1.54) is 0 Å². The Labute approximate surface area is 118 Å². The summed E-state index contributed by atoms with van der Waals surface area (Å²) in [6.07, 6.45) is 0.278. The molecule has 112 valence electrons. The molecule has 0 amide bonds. The highest BCUT2D eigenvalue weighted by atomic mass is 19.2. The van der Waals surface area contributed by atoms with E-state index < -0.39 is 29.0 Å². The average Bonchev–Trinajstić information content (AvgIpc) is 2.76. The lowest BCUT2D eigenvalue weighted by atomic mass is 10.0. The molecule has 1 heterocycles. The molecule has 0 unspecified atom stereocenters. The van der Waals surface area contributed by atoms with Gasteiger partial charge in [0.1, 0.15) is 17.1 Å². The Bertz CT molecular complexity index is 695. The van der Waals surface area contributed by atoms with Gasteiger partial charge in [0.05, 0.1) is 0 Å². The van der Waals surface area contributed by atoms with E-state index in [0.29, 0.717) is 12.1 Å². The molecule has 0 bridgehead atoms. The second kappa shape index (κ2) is 5.59. The molecule has 2 aromatic rings. The Balaban J connectivity index is 2.62. The summed E-state index contributed by atoms with van der Waals surface area (Å²) in [6, 6.07) is 0.904. The second-order valence-electron chi connectivity index (χ2n) is 4.98. The number of carboxylic acids is 1. The van der Waals surface area contributed by atoms with Crippen LogP contribution in [0.3, 0.4) is 0 Å². The van der Waals surface area contributed by atoms with E-state index in [2.05, 4.69) is 5.16 Å². The molecule has 0 spiro atoms. The number of carbonyl (C=O) groups is 1. The summed E-state index contributed by atoms with van der Waals surface area (Å²) in [5.41, 5.74) is -1.15. The van der Waals surface area contributed by atoms with E-state index in [4.69, 9.17) is 4.52 Å². The first-order valence-corrected chi connectivity index (χ1v) is 6.18. The number of halogens is 3.